The van der Waals surface area contributed by atoms with Crippen LogP contribution in [-0.2, 0) is 5.41 Å². The van der Waals surface area contributed by atoms with Gasteiger partial charge in [0.15, 0.2) is 0 Å². The first-order valence-electron chi connectivity index (χ1n) is 17.3. The lowest BCUT2D eigenvalue weighted by Gasteiger charge is -2.33. The second-order valence-corrected chi connectivity index (χ2v) is 13.1. The predicted molar refractivity (Wildman–Crippen MR) is 190 cm³/mol. The summed E-state index contributed by atoms with van der Waals surface area (Å²) in [4.78, 5) is 0. The Morgan fingerprint density at radius 3 is 1.33 bits per heavy atom. The molecule has 4 aromatic carbocycles. The number of unbranched alkanes of at least 4 members (excludes halogenated alkanes) is 10. The minimum absolute atomic E-state index is 0.0602. The largest absolute Gasteiger partial charge is 0.113 e. The number of fused-ring (bicyclic) bond motifs is 3. The van der Waals surface area contributed by atoms with E-state index in [1.165, 1.54) is 129 Å². The molecule has 4 aromatic rings. The minimum Gasteiger partial charge on any atom is -0.0966 e. The van der Waals surface area contributed by atoms with Crippen LogP contribution in [0.4, 0.5) is 0 Å². The summed E-state index contributed by atoms with van der Waals surface area (Å²) >= 11 is 0. The molecule has 0 atom stereocenters. The van der Waals surface area contributed by atoms with Gasteiger partial charge in [-0.2, -0.15) is 0 Å². The number of aryl methyl sites for hydroxylation is 1. The molecule has 1 heteroatoms. The molecule has 222 valence electrons. The van der Waals surface area contributed by atoms with Gasteiger partial charge in [0, 0.05) is 5.41 Å². The van der Waals surface area contributed by atoms with Gasteiger partial charge in [-0.15, -0.1) is 0 Å². The van der Waals surface area contributed by atoms with Gasteiger partial charge >= 0.3 is 0 Å². The van der Waals surface area contributed by atoms with Gasteiger partial charge in [-0.05, 0) is 76.4 Å². The van der Waals surface area contributed by atoms with E-state index in [1.54, 1.807) is 11.1 Å². The molecule has 0 fully saturated rings. The minimum atomic E-state index is 0.0602. The van der Waals surface area contributed by atoms with Crippen molar-refractivity contribution in [1.29, 1.82) is 0 Å². The monoisotopic (exact) mass is 566 g/mol. The van der Waals surface area contributed by atoms with E-state index in [-0.39, 0.29) is 5.41 Å². The summed E-state index contributed by atoms with van der Waals surface area (Å²) in [7, 11) is 6.06. The molecule has 0 unspecified atom stereocenters. The van der Waals surface area contributed by atoms with Crippen LogP contribution in [0, 0.1) is 6.92 Å². The average molecular weight is 567 g/mol. The van der Waals surface area contributed by atoms with Gasteiger partial charge in [0.2, 0.25) is 0 Å². The third kappa shape index (κ3) is 7.37. The number of rotatable bonds is 16. The number of hydrogen-bond acceptors (Lipinski definition) is 0. The van der Waals surface area contributed by atoms with Crippen molar-refractivity contribution in [1.82, 2.24) is 0 Å². The fraction of sp³-hybridized carbons (Fsp3) is 0.429. The lowest BCUT2D eigenvalue weighted by molar-refractivity contribution is 0.398. The summed E-state index contributed by atoms with van der Waals surface area (Å²) in [6.07, 6.45) is 18.5. The molecule has 0 aliphatic heterocycles. The first-order chi connectivity index (χ1) is 21.1. The molecule has 0 amide bonds. The third-order valence-corrected chi connectivity index (χ3v) is 9.90. The zero-order chi connectivity index (χ0) is 30.1. The smallest absolute Gasteiger partial charge is 0.0966 e. The van der Waals surface area contributed by atoms with Crippen LogP contribution in [0.3, 0.4) is 0 Å². The maximum Gasteiger partial charge on any atom is 0.113 e. The van der Waals surface area contributed by atoms with Crippen molar-refractivity contribution in [2.45, 2.75) is 116 Å². The number of hydrogen-bond donors (Lipinski definition) is 0. The van der Waals surface area contributed by atoms with Crippen LogP contribution in [0.2, 0.25) is 0 Å². The van der Waals surface area contributed by atoms with E-state index in [0.29, 0.717) is 0 Å². The maximum absolute atomic E-state index is 6.06. The highest BCUT2D eigenvalue weighted by Crippen LogP contribution is 2.55. The van der Waals surface area contributed by atoms with Crippen LogP contribution in [0.15, 0.2) is 84.9 Å². The maximum atomic E-state index is 6.06. The third-order valence-electron chi connectivity index (χ3n) is 9.90. The molecule has 0 N–H and O–H groups in total. The predicted octanol–water partition coefficient (Wildman–Crippen LogP) is 11.9. The molecule has 0 aromatic heterocycles. The Hall–Kier alpha value is -3.06. The summed E-state index contributed by atoms with van der Waals surface area (Å²) in [5, 5.41) is 0. The number of benzene rings is 4. The van der Waals surface area contributed by atoms with E-state index < -0.39 is 0 Å². The highest BCUT2D eigenvalue weighted by molar-refractivity contribution is 6.32. The standard InChI is InChI=1S/C42H51B/c1-4-6-8-10-12-14-28-42(29-15-13-11-9-7-5-2)40-30-35(33-18-16-32(3)17-19-33)22-26-38(40)39-27-23-36(31-41(39)42)34-20-24-37(43)25-21-34/h16-27,30-31H,4-15,28-29H2,1-3H3. The summed E-state index contributed by atoms with van der Waals surface area (Å²) < 4.78 is 0. The first kappa shape index (κ1) is 31.4. The van der Waals surface area contributed by atoms with E-state index >= 15 is 0 Å². The van der Waals surface area contributed by atoms with Crippen molar-refractivity contribution in [2.24, 2.45) is 0 Å². The summed E-state index contributed by atoms with van der Waals surface area (Å²) in [6.45, 7) is 6.80. The van der Waals surface area contributed by atoms with Crippen molar-refractivity contribution in [3.8, 4) is 33.4 Å². The fourth-order valence-corrected chi connectivity index (χ4v) is 7.35. The van der Waals surface area contributed by atoms with Crippen LogP contribution in [0.25, 0.3) is 33.4 Å². The lowest BCUT2D eigenvalue weighted by atomic mass is 9.70. The quantitative estimate of drug-likeness (QED) is 0.0935. The average Bonchev–Trinajstić information content (AvgIpc) is 3.29. The Labute approximate surface area is 263 Å². The second-order valence-electron chi connectivity index (χ2n) is 13.1. The normalized spacial score (nSPS) is 13.2. The molecule has 0 bridgehead atoms. The molecular weight excluding hydrogens is 515 g/mol. The van der Waals surface area contributed by atoms with Crippen molar-refractivity contribution in [2.75, 3.05) is 0 Å². The fourth-order valence-electron chi connectivity index (χ4n) is 7.35. The van der Waals surface area contributed by atoms with Gasteiger partial charge in [0.05, 0.1) is 0 Å². The van der Waals surface area contributed by atoms with Gasteiger partial charge < -0.3 is 0 Å². The molecule has 1 aliphatic carbocycles. The van der Waals surface area contributed by atoms with E-state index in [4.69, 9.17) is 7.85 Å². The Kier molecular flexibility index (Phi) is 11.0. The van der Waals surface area contributed by atoms with Crippen LogP contribution in [0.5, 0.6) is 0 Å². The molecular formula is C42H51B. The highest BCUT2D eigenvalue weighted by atomic mass is 14.5. The summed E-state index contributed by atoms with van der Waals surface area (Å²) in [6, 6.07) is 32.1. The van der Waals surface area contributed by atoms with Crippen molar-refractivity contribution < 1.29 is 0 Å². The Bertz CT molecular complexity index is 1330. The van der Waals surface area contributed by atoms with Crippen molar-refractivity contribution in [3.05, 3.63) is 102 Å². The van der Waals surface area contributed by atoms with Gasteiger partial charge in [-0.3, -0.25) is 0 Å². The molecule has 2 radical (unpaired) electrons. The molecule has 0 heterocycles. The van der Waals surface area contributed by atoms with Gasteiger partial charge in [0.1, 0.15) is 7.85 Å². The molecule has 5 rings (SSSR count). The van der Waals surface area contributed by atoms with Crippen LogP contribution >= 0.6 is 0 Å². The lowest BCUT2D eigenvalue weighted by Crippen LogP contribution is -2.25. The zero-order valence-electron chi connectivity index (χ0n) is 27.1. The Morgan fingerprint density at radius 1 is 0.465 bits per heavy atom. The molecule has 0 nitrogen and oxygen atoms in total. The molecule has 0 spiro atoms. The second kappa shape index (κ2) is 15.1. The molecule has 0 saturated carbocycles. The summed E-state index contributed by atoms with van der Waals surface area (Å²) in [5.74, 6) is 0. The highest BCUT2D eigenvalue weighted by Gasteiger charge is 2.42. The van der Waals surface area contributed by atoms with Crippen LogP contribution in [0.1, 0.15) is 120 Å². The van der Waals surface area contributed by atoms with Gasteiger partial charge in [-0.25, -0.2) is 0 Å². The van der Waals surface area contributed by atoms with Crippen molar-refractivity contribution in [3.63, 3.8) is 0 Å². The van der Waals surface area contributed by atoms with Crippen molar-refractivity contribution >= 4 is 13.3 Å². The van der Waals surface area contributed by atoms with E-state index in [1.807, 2.05) is 12.1 Å². The SMILES string of the molecule is [B]c1ccc(-c2ccc3c(c2)C(CCCCCCCC)(CCCCCCCC)c2cc(-c4ccc(C)cc4)ccc2-3)cc1. The molecule has 0 saturated heterocycles. The van der Waals surface area contributed by atoms with E-state index in [0.717, 1.165) is 5.46 Å². The Balaban J connectivity index is 1.56. The zero-order valence-corrected chi connectivity index (χ0v) is 27.1. The van der Waals surface area contributed by atoms with E-state index in [9.17, 15) is 0 Å². The van der Waals surface area contributed by atoms with Gasteiger partial charge in [-0.1, -0.05) is 175 Å². The molecule has 1 aliphatic rings. The topological polar surface area (TPSA) is 0 Å². The van der Waals surface area contributed by atoms with Crippen LogP contribution in [-0.4, -0.2) is 7.85 Å². The first-order valence-corrected chi connectivity index (χ1v) is 17.3. The summed E-state index contributed by atoms with van der Waals surface area (Å²) in [5.41, 5.74) is 13.4. The van der Waals surface area contributed by atoms with E-state index in [2.05, 4.69) is 93.6 Å². The van der Waals surface area contributed by atoms with Gasteiger partial charge in [0.25, 0.3) is 0 Å². The molecule has 43 heavy (non-hydrogen) atoms. The Morgan fingerprint density at radius 2 is 0.860 bits per heavy atom. The van der Waals surface area contributed by atoms with Crippen LogP contribution < -0.4 is 5.46 Å².